The van der Waals surface area contributed by atoms with Gasteiger partial charge in [-0.25, -0.2) is 13.4 Å². The van der Waals surface area contributed by atoms with Gasteiger partial charge >= 0.3 is 0 Å². The molecule has 5 nitrogen and oxygen atoms in total. The Morgan fingerprint density at radius 3 is 2.88 bits per heavy atom. The minimum absolute atomic E-state index is 0.0293. The SMILES string of the molecule is Cc1cnc(N)c(C(O)C2CCS(=O)(=O)C2)c1. The molecule has 1 aromatic rings. The highest BCUT2D eigenvalue weighted by Gasteiger charge is 2.34. The van der Waals surface area contributed by atoms with Gasteiger partial charge in [0, 0.05) is 17.7 Å². The third kappa shape index (κ3) is 2.58. The quantitative estimate of drug-likeness (QED) is 0.801. The van der Waals surface area contributed by atoms with E-state index in [4.69, 9.17) is 5.73 Å². The number of aliphatic hydroxyl groups is 1. The van der Waals surface area contributed by atoms with Crippen LogP contribution in [0, 0.1) is 12.8 Å². The molecule has 17 heavy (non-hydrogen) atoms. The molecule has 94 valence electrons. The van der Waals surface area contributed by atoms with Crippen LogP contribution >= 0.6 is 0 Å². The van der Waals surface area contributed by atoms with Gasteiger partial charge in [0.2, 0.25) is 0 Å². The molecule has 0 aliphatic carbocycles. The van der Waals surface area contributed by atoms with Crippen molar-refractivity contribution in [1.29, 1.82) is 0 Å². The molecule has 1 aromatic heterocycles. The van der Waals surface area contributed by atoms with Crippen LogP contribution in [0.25, 0.3) is 0 Å². The number of hydrogen-bond donors (Lipinski definition) is 2. The van der Waals surface area contributed by atoms with Gasteiger partial charge in [0.25, 0.3) is 0 Å². The van der Waals surface area contributed by atoms with Crippen LogP contribution in [0.1, 0.15) is 23.7 Å². The Morgan fingerprint density at radius 1 is 1.59 bits per heavy atom. The lowest BCUT2D eigenvalue weighted by molar-refractivity contribution is 0.121. The van der Waals surface area contributed by atoms with Crippen LogP contribution in [-0.2, 0) is 9.84 Å². The summed E-state index contributed by atoms with van der Waals surface area (Å²) >= 11 is 0. The fraction of sp³-hybridized carbons (Fsp3) is 0.545. The van der Waals surface area contributed by atoms with Crippen LogP contribution < -0.4 is 5.73 Å². The fourth-order valence-electron chi connectivity index (χ4n) is 2.17. The molecule has 0 saturated carbocycles. The molecule has 0 bridgehead atoms. The van der Waals surface area contributed by atoms with Crippen LogP contribution in [-0.4, -0.2) is 30.0 Å². The number of aromatic nitrogens is 1. The van der Waals surface area contributed by atoms with E-state index in [-0.39, 0.29) is 23.2 Å². The van der Waals surface area contributed by atoms with Crippen molar-refractivity contribution in [2.75, 3.05) is 17.2 Å². The van der Waals surface area contributed by atoms with Crippen LogP contribution in [0.15, 0.2) is 12.3 Å². The van der Waals surface area contributed by atoms with Gasteiger partial charge in [0.1, 0.15) is 5.82 Å². The van der Waals surface area contributed by atoms with Gasteiger partial charge in [0.05, 0.1) is 17.6 Å². The summed E-state index contributed by atoms with van der Waals surface area (Å²) in [7, 11) is -2.99. The molecule has 2 atom stereocenters. The van der Waals surface area contributed by atoms with E-state index in [2.05, 4.69) is 4.98 Å². The lowest BCUT2D eigenvalue weighted by atomic mass is 9.95. The highest BCUT2D eigenvalue weighted by atomic mass is 32.2. The van der Waals surface area contributed by atoms with E-state index in [1.165, 1.54) is 0 Å². The zero-order chi connectivity index (χ0) is 12.6. The number of aryl methyl sites for hydroxylation is 1. The number of rotatable bonds is 2. The summed E-state index contributed by atoms with van der Waals surface area (Å²) in [5.74, 6) is 0.174. The number of pyridine rings is 1. The van der Waals surface area contributed by atoms with Crippen LogP contribution in [0.3, 0.4) is 0 Å². The third-order valence-corrected chi connectivity index (χ3v) is 4.91. The van der Waals surface area contributed by atoms with Crippen molar-refractivity contribution in [3.8, 4) is 0 Å². The maximum atomic E-state index is 11.4. The van der Waals surface area contributed by atoms with Crippen LogP contribution in [0.5, 0.6) is 0 Å². The summed E-state index contributed by atoms with van der Waals surface area (Å²) in [5.41, 5.74) is 7.14. The lowest BCUT2D eigenvalue weighted by Gasteiger charge is -2.18. The standard InChI is InChI=1S/C11H16N2O3S/c1-7-4-9(11(12)13-5-7)10(14)8-2-3-17(15,16)6-8/h4-5,8,10,14H,2-3,6H2,1H3,(H2,12,13). The molecule has 1 fully saturated rings. The predicted octanol–water partition coefficient (Wildman–Crippen LogP) is 0.440. The topological polar surface area (TPSA) is 93.3 Å². The minimum Gasteiger partial charge on any atom is -0.388 e. The van der Waals surface area contributed by atoms with Crippen molar-refractivity contribution in [3.05, 3.63) is 23.4 Å². The number of nitrogen functional groups attached to an aromatic ring is 1. The molecular weight excluding hydrogens is 240 g/mol. The lowest BCUT2D eigenvalue weighted by Crippen LogP contribution is -2.16. The van der Waals surface area contributed by atoms with Crippen LogP contribution in [0.2, 0.25) is 0 Å². The van der Waals surface area contributed by atoms with E-state index in [1.54, 1.807) is 12.3 Å². The van der Waals surface area contributed by atoms with Crippen molar-refractivity contribution in [3.63, 3.8) is 0 Å². The average molecular weight is 256 g/mol. The Morgan fingerprint density at radius 2 is 2.29 bits per heavy atom. The third-order valence-electron chi connectivity index (χ3n) is 3.12. The van der Waals surface area contributed by atoms with E-state index >= 15 is 0 Å². The van der Waals surface area contributed by atoms with E-state index in [1.807, 2.05) is 6.92 Å². The summed E-state index contributed by atoms with van der Waals surface area (Å²) in [6.45, 7) is 1.86. The maximum Gasteiger partial charge on any atom is 0.150 e. The molecular formula is C11H16N2O3S. The van der Waals surface area contributed by atoms with E-state index in [0.717, 1.165) is 5.56 Å². The number of hydrogen-bond acceptors (Lipinski definition) is 5. The van der Waals surface area contributed by atoms with E-state index < -0.39 is 15.9 Å². The second-order valence-corrected chi connectivity index (χ2v) is 6.82. The van der Waals surface area contributed by atoms with Crippen molar-refractivity contribution in [2.24, 2.45) is 5.92 Å². The molecule has 2 unspecified atom stereocenters. The maximum absolute atomic E-state index is 11.4. The first-order chi connectivity index (χ1) is 7.89. The number of nitrogens with zero attached hydrogens (tertiary/aromatic N) is 1. The summed E-state index contributed by atoms with van der Waals surface area (Å²) in [6, 6.07) is 1.76. The molecule has 0 spiro atoms. The minimum atomic E-state index is -2.99. The van der Waals surface area contributed by atoms with Crippen molar-refractivity contribution < 1.29 is 13.5 Å². The molecule has 1 aliphatic rings. The Balaban J connectivity index is 2.26. The molecule has 0 aromatic carbocycles. The largest absolute Gasteiger partial charge is 0.388 e. The number of aliphatic hydroxyl groups excluding tert-OH is 1. The molecule has 6 heteroatoms. The first kappa shape index (κ1) is 12.3. The smallest absolute Gasteiger partial charge is 0.150 e. The van der Waals surface area contributed by atoms with E-state index in [0.29, 0.717) is 12.0 Å². The highest BCUT2D eigenvalue weighted by molar-refractivity contribution is 7.91. The monoisotopic (exact) mass is 256 g/mol. The van der Waals surface area contributed by atoms with Gasteiger partial charge in [-0.1, -0.05) is 0 Å². The second-order valence-electron chi connectivity index (χ2n) is 4.60. The van der Waals surface area contributed by atoms with E-state index in [9.17, 15) is 13.5 Å². The van der Waals surface area contributed by atoms with Gasteiger partial charge in [-0.05, 0) is 25.0 Å². The highest BCUT2D eigenvalue weighted by Crippen LogP contribution is 2.33. The molecule has 3 N–H and O–H groups in total. The van der Waals surface area contributed by atoms with Crippen LogP contribution in [0.4, 0.5) is 5.82 Å². The number of nitrogens with two attached hydrogens (primary N) is 1. The Labute approximate surface area is 101 Å². The van der Waals surface area contributed by atoms with Crippen molar-refractivity contribution in [1.82, 2.24) is 4.98 Å². The average Bonchev–Trinajstić information content (AvgIpc) is 2.61. The van der Waals surface area contributed by atoms with Crippen molar-refractivity contribution in [2.45, 2.75) is 19.4 Å². The summed E-state index contributed by atoms with van der Waals surface area (Å²) in [6.07, 6.45) is 1.26. The van der Waals surface area contributed by atoms with Gasteiger partial charge in [-0.3, -0.25) is 0 Å². The summed E-state index contributed by atoms with van der Waals surface area (Å²) < 4.78 is 22.7. The van der Waals surface area contributed by atoms with Gasteiger partial charge in [0.15, 0.2) is 9.84 Å². The number of sulfone groups is 1. The van der Waals surface area contributed by atoms with Gasteiger partial charge < -0.3 is 10.8 Å². The fourth-order valence-corrected chi connectivity index (χ4v) is 4.00. The molecule has 2 heterocycles. The van der Waals surface area contributed by atoms with Crippen molar-refractivity contribution >= 4 is 15.7 Å². The van der Waals surface area contributed by atoms with Gasteiger partial charge in [-0.15, -0.1) is 0 Å². The van der Waals surface area contributed by atoms with Gasteiger partial charge in [-0.2, -0.15) is 0 Å². The molecule has 2 rings (SSSR count). The summed E-state index contributed by atoms with van der Waals surface area (Å²) in [4.78, 5) is 3.98. The first-order valence-electron chi connectivity index (χ1n) is 5.49. The Bertz CT molecular complexity index is 528. The predicted molar refractivity (Wildman–Crippen MR) is 65.1 cm³/mol. The molecule has 1 saturated heterocycles. The molecule has 0 amide bonds. The Hall–Kier alpha value is -1.14. The second kappa shape index (κ2) is 4.27. The zero-order valence-electron chi connectivity index (χ0n) is 9.63. The molecule has 1 aliphatic heterocycles. The summed E-state index contributed by atoms with van der Waals surface area (Å²) in [5, 5.41) is 10.2. The normalized spacial score (nSPS) is 24.7. The number of anilines is 1. The first-order valence-corrected chi connectivity index (χ1v) is 7.32. The Kier molecular flexibility index (Phi) is 3.09. The molecule has 0 radical (unpaired) electrons. The zero-order valence-corrected chi connectivity index (χ0v) is 10.4.